The number of rotatable bonds is 2. The molecule has 0 saturated carbocycles. The van der Waals surface area contributed by atoms with Crippen LogP contribution in [0, 0.1) is 13.8 Å². The number of fused-ring (bicyclic) bond motifs is 12. The summed E-state index contributed by atoms with van der Waals surface area (Å²) in [6, 6.07) is 40.4. The van der Waals surface area contributed by atoms with Gasteiger partial charge in [0.15, 0.2) is 0 Å². The topological polar surface area (TPSA) is 107 Å². The van der Waals surface area contributed by atoms with E-state index >= 15 is 0 Å². The molecule has 1 atom stereocenters. The van der Waals surface area contributed by atoms with Gasteiger partial charge in [0.1, 0.15) is 0 Å². The zero-order valence-corrected chi connectivity index (χ0v) is 43.1. The van der Waals surface area contributed by atoms with Crippen molar-refractivity contribution < 1.29 is 70.8 Å². The molecular formula is C39H31BrK3N4O4PS. The number of aromatic nitrogens is 4. The Labute approximate surface area is 410 Å². The molecule has 0 bridgehead atoms. The van der Waals surface area contributed by atoms with Crippen molar-refractivity contribution in [1.29, 1.82) is 0 Å². The molecule has 0 spiro atoms. The number of hydrogen-bond acceptors (Lipinski definition) is 7. The van der Waals surface area contributed by atoms with Crippen LogP contribution in [0.15, 0.2) is 132 Å². The Morgan fingerprint density at radius 3 is 1.49 bits per heavy atom. The van der Waals surface area contributed by atoms with Crippen molar-refractivity contribution in [2.75, 3.05) is 6.26 Å². The first kappa shape index (κ1) is 45.9. The normalized spacial score (nSPS) is 10.7. The van der Waals surface area contributed by atoms with Gasteiger partial charge < -0.3 is 10.2 Å². The summed E-state index contributed by atoms with van der Waals surface area (Å²) in [5, 5.41) is 25.3. The molecular weight excluding hydrogens is 849 g/mol. The van der Waals surface area contributed by atoms with Gasteiger partial charge in [0, 0.05) is 27.1 Å². The summed E-state index contributed by atoms with van der Waals surface area (Å²) in [6.07, 6.45) is 5.57. The summed E-state index contributed by atoms with van der Waals surface area (Å²) in [5.74, 6) is 0. The monoisotopic (exact) mass is 878 g/mol. The molecule has 9 aromatic rings. The van der Waals surface area contributed by atoms with E-state index in [9.17, 15) is 0 Å². The Balaban J connectivity index is 0.000000197. The molecule has 4 aromatic heterocycles. The number of para-hydroxylation sites is 2. The standard InChI is InChI=1S/C23H18N2.C15H9BrN2.CH4S.3K.HO4P/c1-15-8-7-9-16(2)22(15)20-14-24-25-21-13-6-5-11-18(21)17-10-3-4-12-19(17)23(20)25;16-13-9-17-18-14-8-4-3-6-11(14)10-5-1-2-7-12(10)15(13)18;1-2;;;;1-4-5(2)3/h3-14H,1-2H3;1-9H;2H,1H3;;;;1H/q;;;;;+1;/p-1. The maximum atomic E-state index is 8.87. The molecule has 0 aliphatic heterocycles. The van der Waals surface area contributed by atoms with Gasteiger partial charge in [-0.3, -0.25) is 0 Å². The van der Waals surface area contributed by atoms with Crippen LogP contribution in [0.1, 0.15) is 11.1 Å². The molecule has 0 fully saturated rings. The Kier molecular flexibility index (Phi) is 19.4. The average Bonchev–Trinajstić information content (AvgIpc) is 3.82. The Morgan fingerprint density at radius 2 is 1.02 bits per heavy atom. The third kappa shape index (κ3) is 10.1. The fourth-order valence-electron chi connectivity index (χ4n) is 6.59. The van der Waals surface area contributed by atoms with Crippen LogP contribution in [0.5, 0.6) is 0 Å². The SMILES string of the molecule is Brc1cnn2c3ccccc3c3ccccc3c12.CS.Cc1cccc(C)c1-c1cnn2c3ccccc3c3ccccc3c12.O=[P+]([O-])O[O-].[K+].[K][K]. The van der Waals surface area contributed by atoms with Gasteiger partial charge in [-0.15, -0.1) is 0 Å². The van der Waals surface area contributed by atoms with Crippen LogP contribution in [0.2, 0.25) is 0 Å². The van der Waals surface area contributed by atoms with Gasteiger partial charge in [0.25, 0.3) is 0 Å². The molecule has 0 amide bonds. The molecule has 0 saturated heterocycles. The molecule has 0 radical (unpaired) electrons. The summed E-state index contributed by atoms with van der Waals surface area (Å²) in [5.41, 5.74) is 9.66. The zero-order chi connectivity index (χ0) is 37.4. The Hall–Kier alpha value is 0.239. The van der Waals surface area contributed by atoms with E-state index in [2.05, 4.69) is 166 Å². The van der Waals surface area contributed by atoms with Crippen molar-refractivity contribution in [1.82, 2.24) is 19.2 Å². The van der Waals surface area contributed by atoms with Gasteiger partial charge in [0.2, 0.25) is 0 Å². The van der Waals surface area contributed by atoms with Gasteiger partial charge in [0.05, 0.1) is 38.9 Å². The van der Waals surface area contributed by atoms with Gasteiger partial charge >= 0.3 is 123 Å². The Bertz CT molecular complexity index is 2650. The predicted octanol–water partition coefficient (Wildman–Crippen LogP) is 5.41. The van der Waals surface area contributed by atoms with Crippen molar-refractivity contribution in [3.05, 3.63) is 143 Å². The minimum atomic E-state index is -3.15. The van der Waals surface area contributed by atoms with Gasteiger partial charge in [-0.1, -0.05) is 103 Å². The molecule has 0 aliphatic rings. The van der Waals surface area contributed by atoms with Gasteiger partial charge in [-0.25, -0.2) is 13.7 Å². The molecule has 8 nitrogen and oxygen atoms in total. The first-order valence-corrected chi connectivity index (χ1v) is 35.3. The van der Waals surface area contributed by atoms with Crippen LogP contribution in [-0.4, -0.2) is 88.6 Å². The molecule has 0 N–H and O–H groups in total. The number of benzene rings is 5. The van der Waals surface area contributed by atoms with Gasteiger partial charge in [-0.05, 0) is 80.2 Å². The van der Waals surface area contributed by atoms with Crippen LogP contribution in [0.4, 0.5) is 0 Å². The molecule has 252 valence electrons. The maximum absolute atomic E-state index is 8.87. The molecule has 9 rings (SSSR count). The summed E-state index contributed by atoms with van der Waals surface area (Å²) < 4.78 is 16.5. The van der Waals surface area contributed by atoms with Crippen LogP contribution in [0.3, 0.4) is 0 Å². The molecule has 4 heterocycles. The molecule has 1 unspecified atom stereocenters. The van der Waals surface area contributed by atoms with Gasteiger partial charge in [-0.2, -0.15) is 22.8 Å². The van der Waals surface area contributed by atoms with E-state index in [0.717, 1.165) is 21.0 Å². The van der Waals surface area contributed by atoms with Crippen molar-refractivity contribution >= 4 is 154 Å². The van der Waals surface area contributed by atoms with E-state index in [-0.39, 0.29) is 51.4 Å². The molecule has 5 aromatic carbocycles. The predicted molar refractivity (Wildman–Crippen MR) is 218 cm³/mol. The zero-order valence-electron chi connectivity index (χ0n) is 30.3. The third-order valence-electron chi connectivity index (χ3n) is 8.51. The molecule has 53 heavy (non-hydrogen) atoms. The fourth-order valence-corrected chi connectivity index (χ4v) is 7.06. The van der Waals surface area contributed by atoms with Crippen LogP contribution < -0.4 is 61.5 Å². The summed E-state index contributed by atoms with van der Waals surface area (Å²) in [4.78, 5) is 8.87. The van der Waals surface area contributed by atoms with E-state index in [1.165, 1.54) is 123 Å². The van der Waals surface area contributed by atoms with E-state index in [0.29, 0.717) is 0 Å². The van der Waals surface area contributed by atoms with Crippen molar-refractivity contribution in [2.24, 2.45) is 0 Å². The van der Waals surface area contributed by atoms with E-state index < -0.39 is 8.25 Å². The number of nitrogens with zero attached hydrogens (tertiary/aromatic N) is 4. The fraction of sp³-hybridized carbons (Fsp3) is 0.0769. The second-order valence-corrected chi connectivity index (χ2v) is 12.7. The average molecular weight is 880 g/mol. The quantitative estimate of drug-likeness (QED) is 0.0622. The van der Waals surface area contributed by atoms with Crippen molar-refractivity contribution in [2.45, 2.75) is 13.8 Å². The number of hydrogen-bond donors (Lipinski definition) is 1. The number of thiol groups is 1. The minimum absolute atomic E-state index is 0. The first-order valence-electron chi connectivity index (χ1n) is 16.5. The Morgan fingerprint density at radius 1 is 0.642 bits per heavy atom. The third-order valence-corrected chi connectivity index (χ3v) is 9.22. The van der Waals surface area contributed by atoms with Crippen LogP contribution >= 0.6 is 36.8 Å². The molecule has 0 aliphatic carbocycles. The number of pyridine rings is 2. The van der Waals surface area contributed by atoms with Crippen molar-refractivity contribution in [3.8, 4) is 11.1 Å². The second kappa shape index (κ2) is 22.4. The van der Waals surface area contributed by atoms with Crippen molar-refractivity contribution in [3.63, 3.8) is 0 Å². The second-order valence-electron chi connectivity index (χ2n) is 11.3. The van der Waals surface area contributed by atoms with Crippen LogP contribution in [0.25, 0.3) is 65.5 Å². The number of halogens is 1. The van der Waals surface area contributed by atoms with E-state index in [1.807, 2.05) is 23.0 Å². The molecule has 14 heteroatoms. The summed E-state index contributed by atoms with van der Waals surface area (Å²) >= 11 is 9.62. The number of aryl methyl sites for hydroxylation is 2. The van der Waals surface area contributed by atoms with Crippen LogP contribution in [-0.2, 0) is 9.24 Å². The van der Waals surface area contributed by atoms with E-state index in [4.69, 9.17) is 19.8 Å². The summed E-state index contributed by atoms with van der Waals surface area (Å²) in [7, 11) is -3.15. The first-order chi connectivity index (χ1) is 25.4. The van der Waals surface area contributed by atoms with E-state index in [1.54, 1.807) is 6.26 Å². The summed E-state index contributed by atoms with van der Waals surface area (Å²) in [6.45, 7) is 4.35.